The molecule has 0 spiro atoms. The summed E-state index contributed by atoms with van der Waals surface area (Å²) in [5, 5.41) is 8.36. The van der Waals surface area contributed by atoms with E-state index in [1.165, 1.54) is 4.90 Å². The molecular formula is C6H9NO4. The van der Waals surface area contributed by atoms with Gasteiger partial charge in [0, 0.05) is 14.1 Å². The lowest BCUT2D eigenvalue weighted by Gasteiger charge is -2.05. The molecule has 1 aliphatic heterocycles. The third kappa shape index (κ3) is 1.48. The fourth-order valence-corrected chi connectivity index (χ4v) is 0.742. The van der Waals surface area contributed by atoms with Crippen molar-refractivity contribution in [3.05, 3.63) is 0 Å². The number of ether oxygens (including phenoxy) is 1. The number of carbonyl (C=O) groups is 2. The molecule has 0 saturated carbocycles. The number of carbonyl (C=O) groups excluding carboxylic acids is 1. The van der Waals surface area contributed by atoms with Crippen LogP contribution in [0.25, 0.3) is 0 Å². The Hall–Kier alpha value is -1.10. The molecule has 0 bridgehead atoms. The number of hydrogen-bond donors (Lipinski definition) is 1. The van der Waals surface area contributed by atoms with Gasteiger partial charge in [-0.1, -0.05) is 0 Å². The molecule has 0 unspecified atom stereocenters. The zero-order valence-corrected chi connectivity index (χ0v) is 6.27. The van der Waals surface area contributed by atoms with Crippen LogP contribution >= 0.6 is 0 Å². The highest BCUT2D eigenvalue weighted by atomic mass is 16.6. The topological polar surface area (TPSA) is 70.1 Å². The highest BCUT2D eigenvalue weighted by Crippen LogP contribution is 2.23. The Bertz CT molecular complexity index is 201. The number of nitrogens with zero attached hydrogens (tertiary/aromatic N) is 1. The average molecular weight is 159 g/mol. The zero-order valence-electron chi connectivity index (χ0n) is 6.27. The summed E-state index contributed by atoms with van der Waals surface area (Å²) in [6.45, 7) is 0. The van der Waals surface area contributed by atoms with E-state index in [-0.39, 0.29) is 5.91 Å². The molecule has 0 aromatic carbocycles. The minimum atomic E-state index is -1.08. The van der Waals surface area contributed by atoms with Gasteiger partial charge in [0.05, 0.1) is 0 Å². The summed E-state index contributed by atoms with van der Waals surface area (Å²) in [4.78, 5) is 22.5. The first-order chi connectivity index (χ1) is 5.04. The molecule has 1 N–H and O–H groups in total. The number of carboxylic acid groups (broad SMARTS) is 1. The number of hydrogen-bond acceptors (Lipinski definition) is 3. The van der Waals surface area contributed by atoms with Crippen molar-refractivity contribution in [2.45, 2.75) is 12.2 Å². The average Bonchev–Trinajstić information content (AvgIpc) is 2.63. The summed E-state index contributed by atoms with van der Waals surface area (Å²) in [6, 6.07) is 0. The van der Waals surface area contributed by atoms with Crippen molar-refractivity contribution < 1.29 is 19.4 Å². The second kappa shape index (κ2) is 2.50. The maximum atomic E-state index is 11.0. The number of amides is 1. The van der Waals surface area contributed by atoms with Crippen molar-refractivity contribution in [2.24, 2.45) is 0 Å². The predicted molar refractivity (Wildman–Crippen MR) is 35.0 cm³/mol. The normalized spacial score (nSPS) is 27.8. The van der Waals surface area contributed by atoms with Crippen LogP contribution in [-0.2, 0) is 14.3 Å². The van der Waals surface area contributed by atoms with Gasteiger partial charge in [-0.3, -0.25) is 4.79 Å². The van der Waals surface area contributed by atoms with Crippen LogP contribution in [0.15, 0.2) is 0 Å². The molecule has 5 nitrogen and oxygen atoms in total. The lowest BCUT2D eigenvalue weighted by atomic mass is 10.3. The lowest BCUT2D eigenvalue weighted by molar-refractivity contribution is -0.138. The van der Waals surface area contributed by atoms with Crippen LogP contribution < -0.4 is 0 Å². The Kier molecular flexibility index (Phi) is 1.82. The van der Waals surface area contributed by atoms with E-state index < -0.39 is 18.2 Å². The van der Waals surface area contributed by atoms with E-state index >= 15 is 0 Å². The van der Waals surface area contributed by atoms with Gasteiger partial charge in [-0.25, -0.2) is 4.79 Å². The summed E-state index contributed by atoms with van der Waals surface area (Å²) in [5.41, 5.74) is 0. The monoisotopic (exact) mass is 159 g/mol. The third-order valence-corrected chi connectivity index (χ3v) is 1.42. The maximum absolute atomic E-state index is 11.0. The van der Waals surface area contributed by atoms with E-state index in [0.717, 1.165) is 0 Å². The standard InChI is InChI=1S/C6H9NO4/c1-7(2)5(8)3-4(11-3)6(9)10/h3-4H,1-2H3,(H,9,10)/t3-,4-/m1/s1. The van der Waals surface area contributed by atoms with Gasteiger partial charge in [-0.05, 0) is 0 Å². The summed E-state index contributed by atoms with van der Waals surface area (Å²) in [6.07, 6.45) is -1.69. The Balaban J connectivity index is 2.44. The SMILES string of the molecule is CN(C)C(=O)[C@@H]1O[C@H]1C(=O)O. The fraction of sp³-hybridized carbons (Fsp3) is 0.667. The van der Waals surface area contributed by atoms with Crippen LogP contribution in [0.1, 0.15) is 0 Å². The molecule has 5 heteroatoms. The van der Waals surface area contributed by atoms with Crippen molar-refractivity contribution >= 4 is 11.9 Å². The first-order valence-corrected chi connectivity index (χ1v) is 3.13. The minimum Gasteiger partial charge on any atom is -0.479 e. The maximum Gasteiger partial charge on any atom is 0.336 e. The first kappa shape index (κ1) is 8.00. The molecule has 0 aromatic rings. The Morgan fingerprint density at radius 3 is 2.18 bits per heavy atom. The van der Waals surface area contributed by atoms with Crippen LogP contribution in [0.4, 0.5) is 0 Å². The molecule has 1 heterocycles. The van der Waals surface area contributed by atoms with Crippen molar-refractivity contribution in [3.63, 3.8) is 0 Å². The molecule has 2 atom stereocenters. The van der Waals surface area contributed by atoms with Gasteiger partial charge < -0.3 is 14.7 Å². The minimum absolute atomic E-state index is 0.294. The second-order valence-electron chi connectivity index (χ2n) is 2.55. The van der Waals surface area contributed by atoms with Gasteiger partial charge in [0.25, 0.3) is 5.91 Å². The molecule has 0 aliphatic carbocycles. The van der Waals surface area contributed by atoms with Crippen LogP contribution in [0.2, 0.25) is 0 Å². The van der Waals surface area contributed by atoms with Gasteiger partial charge in [0.15, 0.2) is 12.2 Å². The van der Waals surface area contributed by atoms with Crippen LogP contribution in [0.3, 0.4) is 0 Å². The molecule has 1 amide bonds. The largest absolute Gasteiger partial charge is 0.479 e. The molecule has 11 heavy (non-hydrogen) atoms. The summed E-state index contributed by atoms with van der Waals surface area (Å²) >= 11 is 0. The number of carboxylic acids is 1. The fourth-order valence-electron chi connectivity index (χ4n) is 0.742. The molecule has 1 aliphatic rings. The third-order valence-electron chi connectivity index (χ3n) is 1.42. The first-order valence-electron chi connectivity index (χ1n) is 3.13. The number of epoxide rings is 1. The Morgan fingerprint density at radius 1 is 1.36 bits per heavy atom. The molecule has 62 valence electrons. The van der Waals surface area contributed by atoms with Crippen molar-refractivity contribution in [1.82, 2.24) is 4.90 Å². The molecule has 1 fully saturated rings. The van der Waals surface area contributed by atoms with Crippen LogP contribution in [0.5, 0.6) is 0 Å². The Labute approximate surface area is 63.5 Å². The van der Waals surface area contributed by atoms with E-state index in [9.17, 15) is 9.59 Å². The predicted octanol–water partition coefficient (Wildman–Crippen LogP) is -1.07. The summed E-state index contributed by atoms with van der Waals surface area (Å²) in [7, 11) is 3.12. The molecule has 0 radical (unpaired) electrons. The molecule has 0 aromatic heterocycles. The van der Waals surface area contributed by atoms with E-state index in [2.05, 4.69) is 4.74 Å². The number of rotatable bonds is 2. The second-order valence-corrected chi connectivity index (χ2v) is 2.55. The van der Waals surface area contributed by atoms with Gasteiger partial charge in [-0.15, -0.1) is 0 Å². The molecule has 1 rings (SSSR count). The van der Waals surface area contributed by atoms with E-state index in [4.69, 9.17) is 5.11 Å². The van der Waals surface area contributed by atoms with Gasteiger partial charge in [0.2, 0.25) is 0 Å². The van der Waals surface area contributed by atoms with Crippen molar-refractivity contribution in [3.8, 4) is 0 Å². The van der Waals surface area contributed by atoms with Gasteiger partial charge >= 0.3 is 5.97 Å². The van der Waals surface area contributed by atoms with Crippen molar-refractivity contribution in [1.29, 1.82) is 0 Å². The van der Waals surface area contributed by atoms with E-state index in [1.54, 1.807) is 14.1 Å². The van der Waals surface area contributed by atoms with E-state index in [0.29, 0.717) is 0 Å². The van der Waals surface area contributed by atoms with Gasteiger partial charge in [0.1, 0.15) is 0 Å². The van der Waals surface area contributed by atoms with Crippen LogP contribution in [-0.4, -0.2) is 48.2 Å². The number of aliphatic carboxylic acids is 1. The van der Waals surface area contributed by atoms with Crippen LogP contribution in [0, 0.1) is 0 Å². The molecule has 1 saturated heterocycles. The zero-order chi connectivity index (χ0) is 8.59. The highest BCUT2D eigenvalue weighted by Gasteiger charge is 2.51. The lowest BCUT2D eigenvalue weighted by Crippen LogP contribution is -2.29. The smallest absolute Gasteiger partial charge is 0.336 e. The summed E-state index contributed by atoms with van der Waals surface area (Å²) in [5.74, 6) is -1.37. The molecular weight excluding hydrogens is 150 g/mol. The highest BCUT2D eigenvalue weighted by molar-refractivity contribution is 5.91. The Morgan fingerprint density at radius 2 is 1.91 bits per heavy atom. The quantitative estimate of drug-likeness (QED) is 0.520. The number of likely N-dealkylation sites (N-methyl/N-ethyl adjacent to an activating group) is 1. The van der Waals surface area contributed by atoms with Crippen molar-refractivity contribution in [2.75, 3.05) is 14.1 Å². The van der Waals surface area contributed by atoms with Gasteiger partial charge in [-0.2, -0.15) is 0 Å². The summed E-state index contributed by atoms with van der Waals surface area (Å²) < 4.78 is 4.61. The van der Waals surface area contributed by atoms with E-state index in [1.807, 2.05) is 0 Å².